The second-order valence-electron chi connectivity index (χ2n) is 4.26. The Morgan fingerprint density at radius 3 is 3.00 bits per heavy atom. The van der Waals surface area contributed by atoms with E-state index in [0.29, 0.717) is 4.47 Å². The largest absolute Gasteiger partial charge is 0.376 e. The van der Waals surface area contributed by atoms with Gasteiger partial charge >= 0.3 is 0 Å². The van der Waals surface area contributed by atoms with Crippen LogP contribution in [-0.2, 0) is 4.74 Å². The van der Waals surface area contributed by atoms with E-state index < -0.39 is 0 Å². The standard InChI is InChI=1S/C13H17BrFNO/c1-2-16-13(12-4-3-7-17-12)9-5-6-11(15)10(14)8-9/h5-6,8,12-13,16H,2-4,7H2,1H3. The molecule has 0 amide bonds. The monoisotopic (exact) mass is 301 g/mol. The SMILES string of the molecule is CCNC(c1ccc(F)c(Br)c1)C1CCCO1. The predicted molar refractivity (Wildman–Crippen MR) is 69.5 cm³/mol. The summed E-state index contributed by atoms with van der Waals surface area (Å²) in [5, 5.41) is 3.42. The number of hydrogen-bond acceptors (Lipinski definition) is 2. The molecule has 1 fully saturated rings. The van der Waals surface area contributed by atoms with Gasteiger partial charge in [0.25, 0.3) is 0 Å². The highest BCUT2D eigenvalue weighted by atomic mass is 79.9. The summed E-state index contributed by atoms with van der Waals surface area (Å²) in [4.78, 5) is 0. The van der Waals surface area contributed by atoms with E-state index in [-0.39, 0.29) is 18.0 Å². The van der Waals surface area contributed by atoms with Crippen LogP contribution in [0.3, 0.4) is 0 Å². The molecule has 94 valence electrons. The molecule has 1 aliphatic rings. The van der Waals surface area contributed by atoms with E-state index >= 15 is 0 Å². The van der Waals surface area contributed by atoms with Crippen molar-refractivity contribution in [3.8, 4) is 0 Å². The Hall–Kier alpha value is -0.450. The second kappa shape index (κ2) is 5.94. The molecule has 17 heavy (non-hydrogen) atoms. The van der Waals surface area contributed by atoms with Gasteiger partial charge in [0.1, 0.15) is 5.82 Å². The zero-order chi connectivity index (χ0) is 12.3. The van der Waals surface area contributed by atoms with Crippen molar-refractivity contribution in [3.63, 3.8) is 0 Å². The van der Waals surface area contributed by atoms with E-state index in [4.69, 9.17) is 4.74 Å². The van der Waals surface area contributed by atoms with E-state index in [1.54, 1.807) is 0 Å². The van der Waals surface area contributed by atoms with E-state index in [9.17, 15) is 4.39 Å². The van der Waals surface area contributed by atoms with Crippen molar-refractivity contribution in [2.45, 2.75) is 31.9 Å². The Kier molecular flexibility index (Phi) is 4.54. The molecule has 4 heteroatoms. The van der Waals surface area contributed by atoms with Crippen molar-refractivity contribution in [1.29, 1.82) is 0 Å². The Balaban J connectivity index is 2.21. The molecule has 0 spiro atoms. The first-order valence-corrected chi connectivity index (χ1v) is 6.81. The number of halogens is 2. The van der Waals surface area contributed by atoms with E-state index in [1.165, 1.54) is 6.07 Å². The van der Waals surface area contributed by atoms with Crippen LogP contribution in [0.5, 0.6) is 0 Å². The molecule has 2 nitrogen and oxygen atoms in total. The van der Waals surface area contributed by atoms with Gasteiger partial charge in [0.05, 0.1) is 16.6 Å². The van der Waals surface area contributed by atoms with Gasteiger partial charge in [0, 0.05) is 6.61 Å². The number of benzene rings is 1. The van der Waals surface area contributed by atoms with Crippen LogP contribution in [0.25, 0.3) is 0 Å². The van der Waals surface area contributed by atoms with Gasteiger partial charge in [-0.1, -0.05) is 13.0 Å². The first-order chi connectivity index (χ1) is 8.22. The number of likely N-dealkylation sites (N-methyl/N-ethyl adjacent to an activating group) is 1. The number of hydrogen-bond donors (Lipinski definition) is 1. The molecule has 1 aromatic carbocycles. The van der Waals surface area contributed by atoms with Gasteiger partial charge in [0.15, 0.2) is 0 Å². The maximum atomic E-state index is 13.2. The van der Waals surface area contributed by atoms with Crippen LogP contribution in [0.2, 0.25) is 0 Å². The zero-order valence-corrected chi connectivity index (χ0v) is 11.5. The van der Waals surface area contributed by atoms with E-state index in [0.717, 1.165) is 31.6 Å². The summed E-state index contributed by atoms with van der Waals surface area (Å²) in [7, 11) is 0. The molecule has 1 aromatic rings. The molecule has 1 heterocycles. The van der Waals surface area contributed by atoms with Crippen molar-refractivity contribution in [1.82, 2.24) is 5.32 Å². The van der Waals surface area contributed by atoms with Crippen molar-refractivity contribution in [3.05, 3.63) is 34.1 Å². The van der Waals surface area contributed by atoms with Crippen LogP contribution in [-0.4, -0.2) is 19.3 Å². The summed E-state index contributed by atoms with van der Waals surface area (Å²) in [5.41, 5.74) is 1.08. The third-order valence-electron chi connectivity index (χ3n) is 3.06. The van der Waals surface area contributed by atoms with Gasteiger partial charge in [-0.2, -0.15) is 0 Å². The smallest absolute Gasteiger partial charge is 0.137 e. The number of nitrogens with one attached hydrogen (secondary N) is 1. The topological polar surface area (TPSA) is 21.3 Å². The molecule has 2 atom stereocenters. The molecule has 1 saturated heterocycles. The number of ether oxygens (including phenoxy) is 1. The Bertz CT molecular complexity index is 380. The summed E-state index contributed by atoms with van der Waals surface area (Å²) in [6, 6.07) is 5.32. The van der Waals surface area contributed by atoms with Gasteiger partial charge in [-0.3, -0.25) is 0 Å². The van der Waals surface area contributed by atoms with Crippen LogP contribution in [0, 0.1) is 5.82 Å². The molecule has 0 radical (unpaired) electrons. The lowest BCUT2D eigenvalue weighted by Crippen LogP contribution is -2.31. The Morgan fingerprint density at radius 2 is 2.41 bits per heavy atom. The summed E-state index contributed by atoms with van der Waals surface area (Å²) in [6.07, 6.45) is 2.37. The average molecular weight is 302 g/mol. The lowest BCUT2D eigenvalue weighted by molar-refractivity contribution is 0.0788. The van der Waals surface area contributed by atoms with E-state index in [2.05, 4.69) is 28.2 Å². The first-order valence-electron chi connectivity index (χ1n) is 6.02. The molecular weight excluding hydrogens is 285 g/mol. The third-order valence-corrected chi connectivity index (χ3v) is 3.67. The Morgan fingerprint density at radius 1 is 1.59 bits per heavy atom. The zero-order valence-electron chi connectivity index (χ0n) is 9.88. The quantitative estimate of drug-likeness (QED) is 0.920. The first kappa shape index (κ1) is 13.0. The molecular formula is C13H17BrFNO. The minimum absolute atomic E-state index is 0.152. The van der Waals surface area contributed by atoms with Crippen molar-refractivity contribution >= 4 is 15.9 Å². The fourth-order valence-electron chi connectivity index (χ4n) is 2.26. The fraction of sp³-hybridized carbons (Fsp3) is 0.538. The highest BCUT2D eigenvalue weighted by Gasteiger charge is 2.26. The molecule has 0 aromatic heterocycles. The summed E-state index contributed by atoms with van der Waals surface area (Å²) in [5.74, 6) is -0.226. The lowest BCUT2D eigenvalue weighted by Gasteiger charge is -2.24. The predicted octanol–water partition coefficient (Wildman–Crippen LogP) is 3.42. The molecule has 2 unspecified atom stereocenters. The molecule has 1 N–H and O–H groups in total. The minimum Gasteiger partial charge on any atom is -0.376 e. The van der Waals surface area contributed by atoms with Crippen LogP contribution >= 0.6 is 15.9 Å². The summed E-state index contributed by atoms with van der Waals surface area (Å²) in [6.45, 7) is 3.77. The second-order valence-corrected chi connectivity index (χ2v) is 5.11. The maximum Gasteiger partial charge on any atom is 0.137 e. The normalized spacial score (nSPS) is 21.7. The molecule has 0 bridgehead atoms. The average Bonchev–Trinajstić information content (AvgIpc) is 2.83. The third kappa shape index (κ3) is 3.06. The fourth-order valence-corrected chi connectivity index (χ4v) is 2.65. The summed E-state index contributed by atoms with van der Waals surface area (Å²) < 4.78 is 19.5. The minimum atomic E-state index is -0.226. The lowest BCUT2D eigenvalue weighted by atomic mass is 9.99. The van der Waals surface area contributed by atoms with Crippen LogP contribution in [0.15, 0.2) is 22.7 Å². The van der Waals surface area contributed by atoms with Gasteiger partial charge in [-0.25, -0.2) is 4.39 Å². The molecule has 1 aliphatic heterocycles. The molecule has 0 aliphatic carbocycles. The van der Waals surface area contributed by atoms with Gasteiger partial charge < -0.3 is 10.1 Å². The summed E-state index contributed by atoms with van der Waals surface area (Å²) >= 11 is 3.23. The highest BCUT2D eigenvalue weighted by molar-refractivity contribution is 9.10. The van der Waals surface area contributed by atoms with Crippen LogP contribution in [0.1, 0.15) is 31.4 Å². The number of rotatable bonds is 4. The van der Waals surface area contributed by atoms with Crippen LogP contribution < -0.4 is 5.32 Å². The molecule has 0 saturated carbocycles. The van der Waals surface area contributed by atoms with Crippen molar-refractivity contribution in [2.24, 2.45) is 0 Å². The van der Waals surface area contributed by atoms with Gasteiger partial charge in [0.2, 0.25) is 0 Å². The van der Waals surface area contributed by atoms with Gasteiger partial charge in [-0.15, -0.1) is 0 Å². The van der Waals surface area contributed by atoms with Gasteiger partial charge in [-0.05, 0) is 53.0 Å². The van der Waals surface area contributed by atoms with Crippen molar-refractivity contribution < 1.29 is 9.13 Å². The van der Waals surface area contributed by atoms with Crippen molar-refractivity contribution in [2.75, 3.05) is 13.2 Å². The van der Waals surface area contributed by atoms with E-state index in [1.807, 2.05) is 12.1 Å². The molecule has 2 rings (SSSR count). The maximum absolute atomic E-state index is 13.2. The van der Waals surface area contributed by atoms with Crippen LogP contribution in [0.4, 0.5) is 4.39 Å². The highest BCUT2D eigenvalue weighted by Crippen LogP contribution is 2.29. The Labute approximate surface area is 110 Å².